The zero-order chi connectivity index (χ0) is 15.6. The number of amides is 1. The third-order valence-electron chi connectivity index (χ3n) is 3.95. The summed E-state index contributed by atoms with van der Waals surface area (Å²) < 4.78 is 35.4. The van der Waals surface area contributed by atoms with Gasteiger partial charge in [-0.3, -0.25) is 9.35 Å². The number of nitrogens with one attached hydrogen (secondary N) is 1. The van der Waals surface area contributed by atoms with Crippen LogP contribution in [-0.4, -0.2) is 25.9 Å². The van der Waals surface area contributed by atoms with Gasteiger partial charge in [0.15, 0.2) is 0 Å². The Kier molecular flexibility index (Phi) is 4.72. The van der Waals surface area contributed by atoms with Crippen LogP contribution in [0.2, 0.25) is 0 Å². The summed E-state index contributed by atoms with van der Waals surface area (Å²) in [5.41, 5.74) is 5.04. The fourth-order valence-electron chi connectivity index (χ4n) is 2.78. The van der Waals surface area contributed by atoms with Crippen molar-refractivity contribution in [2.24, 2.45) is 5.73 Å². The Morgan fingerprint density at radius 1 is 1.57 bits per heavy atom. The summed E-state index contributed by atoms with van der Waals surface area (Å²) in [6.07, 6.45) is 0.372. The van der Waals surface area contributed by atoms with E-state index in [1.165, 1.54) is 12.1 Å². The van der Waals surface area contributed by atoms with Crippen molar-refractivity contribution in [2.75, 3.05) is 0 Å². The van der Waals surface area contributed by atoms with Crippen molar-refractivity contribution >= 4 is 17.2 Å². The summed E-state index contributed by atoms with van der Waals surface area (Å²) in [5.74, 6) is -1.17. The number of hydrogen-bond donors (Lipinski definition) is 4. The van der Waals surface area contributed by atoms with Crippen molar-refractivity contribution in [3.05, 3.63) is 35.1 Å². The van der Waals surface area contributed by atoms with Gasteiger partial charge in [0.25, 0.3) is 0 Å². The quantitative estimate of drug-likeness (QED) is 0.586. The Hall–Kier alpha value is -1.35. The zero-order valence-corrected chi connectivity index (χ0v) is 12.0. The van der Waals surface area contributed by atoms with E-state index < -0.39 is 34.5 Å². The molecule has 1 fully saturated rings. The fourth-order valence-corrected chi connectivity index (χ4v) is 3.05. The van der Waals surface area contributed by atoms with Crippen LogP contribution >= 0.6 is 0 Å². The van der Waals surface area contributed by atoms with Gasteiger partial charge in [0, 0.05) is 12.1 Å². The van der Waals surface area contributed by atoms with Gasteiger partial charge in [-0.1, -0.05) is 12.1 Å². The lowest BCUT2D eigenvalue weighted by Crippen LogP contribution is -2.39. The molecule has 0 spiro atoms. The Labute approximate surface area is 124 Å². The molecule has 0 bridgehead atoms. The number of halogens is 1. The van der Waals surface area contributed by atoms with Crippen LogP contribution in [0.5, 0.6) is 0 Å². The molecule has 1 aliphatic rings. The number of rotatable bonds is 5. The van der Waals surface area contributed by atoms with E-state index in [-0.39, 0.29) is 18.5 Å². The predicted octanol–water partition coefficient (Wildman–Crippen LogP) is 0.320. The highest BCUT2D eigenvalue weighted by molar-refractivity contribution is 7.77. The molecule has 6 nitrogen and oxygen atoms in total. The average Bonchev–Trinajstić information content (AvgIpc) is 2.80. The van der Waals surface area contributed by atoms with Crippen LogP contribution in [0.3, 0.4) is 0 Å². The molecular formula is C13H17FN2O4S. The van der Waals surface area contributed by atoms with Gasteiger partial charge in [-0.2, -0.15) is 0 Å². The molecule has 3 unspecified atom stereocenters. The molecule has 1 aliphatic carbocycles. The molecule has 5 N–H and O–H groups in total. The van der Waals surface area contributed by atoms with Gasteiger partial charge < -0.3 is 10.8 Å². The van der Waals surface area contributed by atoms with Gasteiger partial charge in [-0.25, -0.2) is 13.3 Å². The Bertz CT molecular complexity index is 583. The van der Waals surface area contributed by atoms with Gasteiger partial charge in [-0.05, 0) is 30.9 Å². The van der Waals surface area contributed by atoms with Gasteiger partial charge in [0.2, 0.25) is 17.2 Å². The first-order valence-corrected chi connectivity index (χ1v) is 7.57. The molecule has 1 aromatic rings. The molecule has 0 aliphatic heterocycles. The summed E-state index contributed by atoms with van der Waals surface area (Å²) in [7, 11) is 0. The minimum absolute atomic E-state index is 0.110. The van der Waals surface area contributed by atoms with Gasteiger partial charge in [0.1, 0.15) is 5.82 Å². The van der Waals surface area contributed by atoms with Crippen LogP contribution in [0, 0.1) is 5.82 Å². The third kappa shape index (κ3) is 3.29. The van der Waals surface area contributed by atoms with Crippen molar-refractivity contribution < 1.29 is 23.1 Å². The van der Waals surface area contributed by atoms with E-state index in [9.17, 15) is 18.5 Å². The molecule has 21 heavy (non-hydrogen) atoms. The van der Waals surface area contributed by atoms with Gasteiger partial charge >= 0.3 is 0 Å². The molecule has 8 heteroatoms. The van der Waals surface area contributed by atoms with Crippen LogP contribution in [0.25, 0.3) is 0 Å². The van der Waals surface area contributed by atoms with E-state index in [0.29, 0.717) is 18.4 Å². The molecule has 1 amide bonds. The smallest absolute Gasteiger partial charge is 0.232 e. The molecule has 0 radical (unpaired) electrons. The second-order valence-corrected chi connectivity index (χ2v) is 6.01. The molecular weight excluding hydrogens is 299 g/mol. The SMILES string of the molecule is NC(=O)C1(c2ccc(CNS(=O)O)c(F)c2)CCC(O)C1. The van der Waals surface area contributed by atoms with Crippen LogP contribution in [0.1, 0.15) is 30.4 Å². The second-order valence-electron chi connectivity index (χ2n) is 5.22. The van der Waals surface area contributed by atoms with E-state index in [1.807, 2.05) is 0 Å². The molecule has 0 heterocycles. The van der Waals surface area contributed by atoms with E-state index in [1.54, 1.807) is 6.07 Å². The van der Waals surface area contributed by atoms with Crippen LogP contribution in [0.15, 0.2) is 18.2 Å². The highest BCUT2D eigenvalue weighted by atomic mass is 32.2. The number of carbonyl (C=O) groups excluding carboxylic acids is 1. The number of benzene rings is 1. The van der Waals surface area contributed by atoms with E-state index in [4.69, 9.17) is 10.3 Å². The van der Waals surface area contributed by atoms with Crippen LogP contribution < -0.4 is 10.5 Å². The maximum absolute atomic E-state index is 14.0. The van der Waals surface area contributed by atoms with Crippen molar-refractivity contribution in [1.82, 2.24) is 4.72 Å². The summed E-state index contributed by atoms with van der Waals surface area (Å²) in [6.45, 7) is -0.110. The summed E-state index contributed by atoms with van der Waals surface area (Å²) in [6, 6.07) is 4.23. The van der Waals surface area contributed by atoms with Gasteiger partial charge in [0.05, 0.1) is 11.5 Å². The fraction of sp³-hybridized carbons (Fsp3) is 0.462. The predicted molar refractivity (Wildman–Crippen MR) is 74.7 cm³/mol. The van der Waals surface area contributed by atoms with Crippen LogP contribution in [0.4, 0.5) is 4.39 Å². The van der Waals surface area contributed by atoms with Crippen LogP contribution in [-0.2, 0) is 28.0 Å². The third-order valence-corrected chi connectivity index (χ3v) is 4.34. The molecule has 116 valence electrons. The monoisotopic (exact) mass is 316 g/mol. The molecule has 0 aromatic heterocycles. The van der Waals surface area contributed by atoms with Crippen molar-refractivity contribution in [3.63, 3.8) is 0 Å². The lowest BCUT2D eigenvalue weighted by molar-refractivity contribution is -0.123. The number of primary amides is 1. The number of aliphatic hydroxyl groups is 1. The van der Waals surface area contributed by atoms with Crippen molar-refractivity contribution in [2.45, 2.75) is 37.3 Å². The summed E-state index contributed by atoms with van der Waals surface area (Å²) in [4.78, 5) is 11.8. The highest BCUT2D eigenvalue weighted by Gasteiger charge is 2.45. The van der Waals surface area contributed by atoms with Crippen molar-refractivity contribution in [1.29, 1.82) is 0 Å². The maximum Gasteiger partial charge on any atom is 0.232 e. The number of carbonyl (C=O) groups is 1. The summed E-state index contributed by atoms with van der Waals surface area (Å²) >= 11 is -2.23. The van der Waals surface area contributed by atoms with E-state index >= 15 is 0 Å². The average molecular weight is 316 g/mol. The van der Waals surface area contributed by atoms with E-state index in [2.05, 4.69) is 4.72 Å². The number of nitrogens with two attached hydrogens (primary N) is 1. The Morgan fingerprint density at radius 2 is 2.29 bits per heavy atom. The first-order chi connectivity index (χ1) is 9.85. The molecule has 0 saturated heterocycles. The minimum Gasteiger partial charge on any atom is -0.393 e. The lowest BCUT2D eigenvalue weighted by atomic mass is 9.78. The molecule has 1 aromatic carbocycles. The van der Waals surface area contributed by atoms with E-state index in [0.717, 1.165) is 0 Å². The minimum atomic E-state index is -2.23. The highest BCUT2D eigenvalue weighted by Crippen LogP contribution is 2.41. The number of aliphatic hydroxyl groups excluding tert-OH is 1. The molecule has 3 atom stereocenters. The molecule has 1 saturated carbocycles. The first kappa shape index (κ1) is 16.0. The second kappa shape index (κ2) is 6.18. The Morgan fingerprint density at radius 3 is 2.76 bits per heavy atom. The first-order valence-electron chi connectivity index (χ1n) is 6.46. The lowest BCUT2D eigenvalue weighted by Gasteiger charge is -2.26. The zero-order valence-electron chi connectivity index (χ0n) is 11.2. The Balaban J connectivity index is 2.30. The molecule has 2 rings (SSSR count). The number of hydrogen-bond acceptors (Lipinski definition) is 3. The van der Waals surface area contributed by atoms with Gasteiger partial charge in [-0.15, -0.1) is 0 Å². The maximum atomic E-state index is 14.0. The topological polar surface area (TPSA) is 113 Å². The summed E-state index contributed by atoms with van der Waals surface area (Å²) in [5, 5.41) is 9.67. The largest absolute Gasteiger partial charge is 0.393 e. The standard InChI is InChI=1S/C13H17FN2O4S/c14-11-5-9(2-1-8(11)7-16-21(19)20)13(12(15)18)4-3-10(17)6-13/h1-2,5,10,16-17H,3-4,6-7H2,(H2,15,18)(H,19,20). The normalized spacial score (nSPS) is 26.7. The van der Waals surface area contributed by atoms with Crippen molar-refractivity contribution in [3.8, 4) is 0 Å².